The number of nitrogens with zero attached hydrogens (tertiary/aromatic N) is 4. The van der Waals surface area contributed by atoms with Gasteiger partial charge in [-0.25, -0.2) is 72.6 Å². The monoisotopic (exact) mass is 2300 g/mol. The number of phosphoric ester groups is 4. The van der Waals surface area contributed by atoms with Gasteiger partial charge in [0.2, 0.25) is 0 Å². The maximum atomic E-state index is 16.1. The molecular formula is C90H108Cl4F8N8O36P4. The van der Waals surface area contributed by atoms with Gasteiger partial charge in [0.25, 0.3) is 45.7 Å². The molecule has 8 aliphatic rings. The fourth-order valence-electron chi connectivity index (χ4n) is 15.9. The molecule has 0 aliphatic carbocycles. The fourth-order valence-corrected chi connectivity index (χ4v) is 21.2. The molecule has 4 fully saturated rings. The van der Waals surface area contributed by atoms with Gasteiger partial charge in [-0.1, -0.05) is 171 Å². The number of hydrogen-bond acceptors (Lipinski definition) is 36. The van der Waals surface area contributed by atoms with Gasteiger partial charge in [0.1, 0.15) is 142 Å². The number of aromatic amines is 4. The molecule has 8 aliphatic heterocycles. The molecule has 20 atom stereocenters. The summed E-state index contributed by atoms with van der Waals surface area (Å²) in [6.07, 6.45) is -27.5. The Balaban J connectivity index is 0.000000172. The van der Waals surface area contributed by atoms with Gasteiger partial charge in [0.15, 0.2) is 24.9 Å². The maximum absolute atomic E-state index is 16.1. The zero-order valence-corrected chi connectivity index (χ0v) is 88.8. The number of aliphatic hydroxyl groups is 8. The van der Waals surface area contributed by atoms with Crippen LogP contribution < -0.4 is 63.1 Å². The van der Waals surface area contributed by atoms with Crippen molar-refractivity contribution >= 4 is 77.7 Å². The second-order valence-corrected chi connectivity index (χ2v) is 47.0. The van der Waals surface area contributed by atoms with Crippen molar-refractivity contribution in [3.8, 4) is 23.0 Å². The van der Waals surface area contributed by atoms with Gasteiger partial charge >= 0.3 is 54.0 Å². The van der Waals surface area contributed by atoms with Crippen LogP contribution in [0.3, 0.4) is 0 Å². The van der Waals surface area contributed by atoms with Gasteiger partial charge < -0.3 is 77.9 Å². The number of alkyl halides is 4. The van der Waals surface area contributed by atoms with Crippen LogP contribution in [0.25, 0.3) is 0 Å². The quantitative estimate of drug-likeness (QED) is 0.0221. The average molecular weight is 2300 g/mol. The van der Waals surface area contributed by atoms with Crippen LogP contribution in [0, 0.1) is 23.3 Å². The molecule has 4 aromatic carbocycles. The minimum absolute atomic E-state index is 0.0111. The van der Waals surface area contributed by atoms with Gasteiger partial charge in [-0.2, -0.15) is 0 Å². The highest BCUT2D eigenvalue weighted by atomic mass is 35.5. The Morgan fingerprint density at radius 2 is 0.620 bits per heavy atom. The fraction of sp³-hybridized carbons (Fsp3) is 0.556. The second-order valence-electron chi connectivity index (χ2n) is 39.1. The number of nitrogens with one attached hydrogen (secondary N) is 4. The summed E-state index contributed by atoms with van der Waals surface area (Å²) in [5.41, 5.74) is -7.07. The molecule has 0 radical (unpaired) electrons. The standard InChI is InChI=1S/C24H30ClF2N2O9P.3C22H26ClF2N2O9P/c1-22(2,3)12-7-13(23(4,5)6)17-11(15(12)26)9-35-39(34,38-17)36-10-24(27)18(31)16(30)20(37-24)29-8-14(25)19(32)28-21(29)33;3*1-9(2)11-5-12(10(3)4)17-13(15(11)24)7-33-37(32,36-17)34-8-22(25)18(29)16(28)20(35-22)27-6-14(23)19(30)26-21(27)31/h7-8,16,18,20,30-31H,9-10H2,1-6H3,(H,28,32,33);3*5-6,9-10,16,18,20,28-29H,7-8H2,1-4H3,(H,26,30,31)/t16-,18+,20-,24-,39?;3*16-,18+,20-,22-,37?/m1111/s1/i;8D2,20D;20D;8D2. The van der Waals surface area contributed by atoms with E-state index in [1.54, 1.807) is 96.3 Å². The van der Waals surface area contributed by atoms with Crippen molar-refractivity contribution in [2.24, 2.45) is 0 Å². The molecule has 44 nitrogen and oxygen atoms in total. The van der Waals surface area contributed by atoms with E-state index in [2.05, 4.69) is 0 Å². The van der Waals surface area contributed by atoms with Crippen molar-refractivity contribution in [3.05, 3.63) is 243 Å². The van der Waals surface area contributed by atoms with Crippen molar-refractivity contribution in [1.29, 1.82) is 0 Å². The topological polar surface area (TPSA) is 597 Å². The number of hydrogen-bond donors (Lipinski definition) is 12. The number of phosphoric acid groups is 4. The van der Waals surface area contributed by atoms with E-state index in [-0.39, 0.29) is 89.9 Å². The molecule has 0 saturated carbocycles. The molecule has 16 rings (SSSR count). The molecule has 0 spiro atoms. The number of H-pyrrole nitrogens is 4. The predicted molar refractivity (Wildman–Crippen MR) is 513 cm³/mol. The zero-order valence-electron chi connectivity index (χ0n) is 88.2. The lowest BCUT2D eigenvalue weighted by Gasteiger charge is -2.34. The van der Waals surface area contributed by atoms with Crippen molar-refractivity contribution in [1.82, 2.24) is 38.2 Å². The summed E-state index contributed by atoms with van der Waals surface area (Å²) < 4.78 is 310. The molecule has 12 N–H and O–H groups in total. The summed E-state index contributed by atoms with van der Waals surface area (Å²) in [4.78, 5) is 102. The first kappa shape index (κ1) is 110. The number of aromatic nitrogens is 8. The first-order valence-corrected chi connectivity index (χ1v) is 52.8. The minimum atomic E-state index is -5.12. The lowest BCUT2D eigenvalue weighted by atomic mass is 9.78. The summed E-state index contributed by atoms with van der Waals surface area (Å²) >= 11 is 22.7. The lowest BCUT2D eigenvalue weighted by Crippen LogP contribution is -2.43. The van der Waals surface area contributed by atoms with Crippen molar-refractivity contribution in [3.63, 3.8) is 0 Å². The Labute approximate surface area is 873 Å². The van der Waals surface area contributed by atoms with Crippen LogP contribution >= 0.6 is 77.7 Å². The molecule has 12 heterocycles. The highest BCUT2D eigenvalue weighted by Crippen LogP contribution is 2.64. The number of halogens is 12. The van der Waals surface area contributed by atoms with E-state index < -0.39 is 280 Å². The highest BCUT2D eigenvalue weighted by Gasteiger charge is 2.63. The van der Waals surface area contributed by atoms with Crippen LogP contribution in [0.15, 0.2) is 87.4 Å². The first-order chi connectivity index (χ1) is 71.5. The van der Waals surface area contributed by atoms with Crippen LogP contribution in [-0.4, -0.2) is 178 Å². The largest absolute Gasteiger partial charge is 0.530 e. The van der Waals surface area contributed by atoms with Crippen LogP contribution in [-0.2, 0) is 111 Å². The van der Waals surface area contributed by atoms with Gasteiger partial charge in [-0.3, -0.25) is 93.6 Å². The van der Waals surface area contributed by atoms with Gasteiger partial charge in [-0.05, 0) is 110 Å². The van der Waals surface area contributed by atoms with Crippen LogP contribution in [0.5, 0.6) is 23.0 Å². The second kappa shape index (κ2) is 43.9. The molecule has 0 bridgehead atoms. The summed E-state index contributed by atoms with van der Waals surface area (Å²) in [5, 5.41) is 80.9. The molecule has 4 unspecified atom stereocenters. The summed E-state index contributed by atoms with van der Waals surface area (Å²) in [6, 6.07) is 6.21. The normalized spacial score (nSPS) is 31.2. The third kappa shape index (κ3) is 23.8. The smallest absolute Gasteiger partial charge is 0.403 e. The summed E-state index contributed by atoms with van der Waals surface area (Å²) in [6.45, 7) is 19.4. The molecule has 0 amide bonds. The first-order valence-electron chi connectivity index (χ1n) is 48.4. The molecule has 4 aromatic heterocycles. The number of rotatable bonds is 22. The van der Waals surface area contributed by atoms with E-state index in [1.807, 2.05) is 60.4 Å². The Morgan fingerprint density at radius 1 is 0.373 bits per heavy atom. The molecule has 150 heavy (non-hydrogen) atoms. The number of fused-ring (bicyclic) bond motifs is 4. The molecule has 60 heteroatoms. The third-order valence-electron chi connectivity index (χ3n) is 24.3. The Bertz CT molecular complexity index is 7640. The van der Waals surface area contributed by atoms with E-state index in [0.29, 0.717) is 72.2 Å². The summed E-state index contributed by atoms with van der Waals surface area (Å²) in [5.74, 6) is -19.3. The lowest BCUT2D eigenvalue weighted by molar-refractivity contribution is -0.205. The predicted octanol–water partition coefficient (Wildman–Crippen LogP) is 13.3. The Morgan fingerprint density at radius 3 is 0.933 bits per heavy atom. The van der Waals surface area contributed by atoms with Crippen molar-refractivity contribution in [2.45, 2.75) is 295 Å². The van der Waals surface area contributed by atoms with E-state index in [9.17, 15) is 97.5 Å². The maximum Gasteiger partial charge on any atom is 0.530 e. The van der Waals surface area contributed by atoms with E-state index in [0.717, 1.165) is 6.20 Å². The van der Waals surface area contributed by atoms with Crippen molar-refractivity contribution in [2.75, 3.05) is 26.3 Å². The van der Waals surface area contributed by atoms with Crippen LogP contribution in [0.2, 0.25) is 20.1 Å². The van der Waals surface area contributed by atoms with E-state index >= 15 is 35.1 Å². The van der Waals surface area contributed by atoms with Crippen LogP contribution in [0.1, 0.15) is 260 Å². The minimum Gasteiger partial charge on any atom is -0.403 e. The molecular weight excluding hydrogens is 2190 g/mol. The van der Waals surface area contributed by atoms with Gasteiger partial charge in [-0.15, -0.1) is 0 Å². The third-order valence-corrected chi connectivity index (χ3v) is 30.3. The zero-order chi connectivity index (χ0) is 117. The molecule has 4 saturated heterocycles. The molecule has 828 valence electrons. The SMILES string of the molecule is CC(C)(C)c1cc(C(C)(C)C)c2c(c1F)COP(=O)(OC[C@@]1(F)O[C@@H](n3cc(Cl)c(=O)[nH]c3=O)[C@H](O)[C@@H]1O)O2.[2H]C([2H])(OP1(=O)OCc2c(F)c(C(C)C)cc(C(C)C)c2O1)[C@@]1(F)O[C@@H](n2cc(Cl)c(=O)[nH]c2=O)[C@H](O)[C@@H]1O.[2H]C([2H])(OP1(=O)OCc2c(F)c(C(C)C)cc(C(C)C)c2O1)[C@@]1(F)O[C@@]([2H])(n2cc(Cl)c(=O)[nH]c2=O)[C@H](O)[C@@H]1O.[2H][C@@]1(n2cc(Cl)c(=O)[nH]c2=O)O[C@](F)(COP2(=O)OCc3c(F)c(C(C)C)cc(C(C)C)c3O2)[C@@H](O)[C@H]1O. The number of ether oxygens (including phenoxy) is 4. The van der Waals surface area contributed by atoms with Crippen LogP contribution in [0.4, 0.5) is 35.1 Å². The van der Waals surface area contributed by atoms with E-state index in [1.165, 1.54) is 12.1 Å². The van der Waals surface area contributed by atoms with Gasteiger partial charge in [0.05, 0.1) is 56.9 Å². The Hall–Kier alpha value is -8.48. The summed E-state index contributed by atoms with van der Waals surface area (Å²) in [7, 11) is -19.4. The van der Waals surface area contributed by atoms with E-state index in [4.69, 9.17) is 128 Å². The average Bonchev–Trinajstić information content (AvgIpc) is 1.55. The number of benzene rings is 4. The Kier molecular flexibility index (Phi) is 32.2. The van der Waals surface area contributed by atoms with Gasteiger partial charge in [0, 0.05) is 30.4 Å². The number of aliphatic hydroxyl groups excluding tert-OH is 8. The van der Waals surface area contributed by atoms with Crippen molar-refractivity contribution < 1.29 is 176 Å². The molecule has 8 aromatic rings. The highest BCUT2D eigenvalue weighted by molar-refractivity contribution is 7.49.